The minimum absolute atomic E-state index is 0.0856. The van der Waals surface area contributed by atoms with Crippen molar-refractivity contribution in [3.8, 4) is 6.07 Å². The van der Waals surface area contributed by atoms with Crippen molar-refractivity contribution < 1.29 is 4.79 Å². The van der Waals surface area contributed by atoms with E-state index in [1.54, 1.807) is 18.5 Å². The van der Waals surface area contributed by atoms with E-state index >= 15 is 0 Å². The van der Waals surface area contributed by atoms with Gasteiger partial charge in [0.15, 0.2) is 0 Å². The Morgan fingerprint density at radius 2 is 2.22 bits per heavy atom. The molecule has 2 heterocycles. The van der Waals surface area contributed by atoms with Crippen molar-refractivity contribution >= 4 is 11.6 Å². The number of amides is 1. The molecule has 5 nitrogen and oxygen atoms in total. The summed E-state index contributed by atoms with van der Waals surface area (Å²) in [6.07, 6.45) is 6.51. The van der Waals surface area contributed by atoms with Crippen LogP contribution in [0.15, 0.2) is 18.5 Å². The smallest absolute Gasteiger partial charge is 0.241 e. The minimum atomic E-state index is 0.0856. The lowest BCUT2D eigenvalue weighted by molar-refractivity contribution is -0.130. The number of nitriles is 1. The van der Waals surface area contributed by atoms with E-state index in [0.717, 1.165) is 25.9 Å². The lowest BCUT2D eigenvalue weighted by Gasteiger charge is -2.26. The van der Waals surface area contributed by atoms with Gasteiger partial charge < -0.3 is 10.2 Å². The van der Waals surface area contributed by atoms with Crippen molar-refractivity contribution in [3.05, 3.63) is 24.0 Å². The summed E-state index contributed by atoms with van der Waals surface area (Å²) in [5, 5.41) is 11.9. The molecule has 1 amide bonds. The van der Waals surface area contributed by atoms with Gasteiger partial charge in [0, 0.05) is 19.3 Å². The predicted octanol–water partition coefficient (Wildman–Crippen LogP) is 1.38. The molecule has 0 unspecified atom stereocenters. The SMILES string of the molecule is N#Cc1ccncc1NCC(=O)N1CCCCC1. The molecular weight excluding hydrogens is 228 g/mol. The van der Waals surface area contributed by atoms with Crippen LogP contribution in [-0.4, -0.2) is 35.4 Å². The van der Waals surface area contributed by atoms with Crippen LogP contribution < -0.4 is 5.32 Å². The molecule has 1 N–H and O–H groups in total. The van der Waals surface area contributed by atoms with Crippen molar-refractivity contribution in [1.29, 1.82) is 5.26 Å². The van der Waals surface area contributed by atoms with Gasteiger partial charge in [-0.3, -0.25) is 9.78 Å². The van der Waals surface area contributed by atoms with Gasteiger partial charge in [-0.15, -0.1) is 0 Å². The van der Waals surface area contributed by atoms with E-state index in [2.05, 4.69) is 16.4 Å². The highest BCUT2D eigenvalue weighted by Gasteiger charge is 2.16. The largest absolute Gasteiger partial charge is 0.374 e. The number of rotatable bonds is 3. The third-order valence-electron chi connectivity index (χ3n) is 3.08. The van der Waals surface area contributed by atoms with E-state index in [-0.39, 0.29) is 12.5 Å². The molecule has 1 aromatic rings. The molecule has 5 heteroatoms. The second-order valence-electron chi connectivity index (χ2n) is 4.33. The monoisotopic (exact) mass is 244 g/mol. The van der Waals surface area contributed by atoms with Crippen molar-refractivity contribution in [2.45, 2.75) is 19.3 Å². The molecule has 0 aliphatic carbocycles. The van der Waals surface area contributed by atoms with E-state index < -0.39 is 0 Å². The Labute approximate surface area is 106 Å². The maximum atomic E-state index is 11.9. The Kier molecular flexibility index (Phi) is 4.13. The normalized spacial score (nSPS) is 14.9. The van der Waals surface area contributed by atoms with Crippen LogP contribution in [-0.2, 0) is 4.79 Å². The van der Waals surface area contributed by atoms with Crippen molar-refractivity contribution in [2.24, 2.45) is 0 Å². The zero-order valence-corrected chi connectivity index (χ0v) is 10.2. The van der Waals surface area contributed by atoms with Gasteiger partial charge in [0.1, 0.15) is 6.07 Å². The molecule has 1 fully saturated rings. The van der Waals surface area contributed by atoms with E-state index in [0.29, 0.717) is 11.3 Å². The van der Waals surface area contributed by atoms with Crippen LogP contribution in [0.3, 0.4) is 0 Å². The van der Waals surface area contributed by atoms with Gasteiger partial charge in [-0.05, 0) is 25.3 Å². The molecule has 0 spiro atoms. The number of hydrogen-bond acceptors (Lipinski definition) is 4. The first-order valence-corrected chi connectivity index (χ1v) is 6.17. The van der Waals surface area contributed by atoms with E-state index in [9.17, 15) is 4.79 Å². The molecular formula is C13H16N4O. The first kappa shape index (κ1) is 12.4. The molecule has 0 atom stereocenters. The summed E-state index contributed by atoms with van der Waals surface area (Å²) in [6, 6.07) is 3.70. The summed E-state index contributed by atoms with van der Waals surface area (Å²) in [6.45, 7) is 1.91. The lowest BCUT2D eigenvalue weighted by atomic mass is 10.1. The topological polar surface area (TPSA) is 69.0 Å². The Balaban J connectivity index is 1.91. The zero-order chi connectivity index (χ0) is 12.8. The number of hydrogen-bond donors (Lipinski definition) is 1. The molecule has 1 aliphatic heterocycles. The number of aromatic nitrogens is 1. The van der Waals surface area contributed by atoms with Gasteiger partial charge in [0.05, 0.1) is 24.0 Å². The summed E-state index contributed by atoms with van der Waals surface area (Å²) in [7, 11) is 0. The number of nitrogens with one attached hydrogen (secondary N) is 1. The fraction of sp³-hybridized carbons (Fsp3) is 0.462. The number of carbonyl (C=O) groups excluding carboxylic acids is 1. The summed E-state index contributed by atoms with van der Waals surface area (Å²) in [5.74, 6) is 0.0856. The predicted molar refractivity (Wildman–Crippen MR) is 67.9 cm³/mol. The Morgan fingerprint density at radius 3 is 2.94 bits per heavy atom. The molecule has 0 bridgehead atoms. The highest BCUT2D eigenvalue weighted by Crippen LogP contribution is 2.12. The van der Waals surface area contributed by atoms with Crippen LogP contribution in [0, 0.1) is 11.3 Å². The third-order valence-corrected chi connectivity index (χ3v) is 3.08. The van der Waals surface area contributed by atoms with Crippen molar-refractivity contribution in [3.63, 3.8) is 0 Å². The van der Waals surface area contributed by atoms with E-state index in [1.165, 1.54) is 6.42 Å². The zero-order valence-electron chi connectivity index (χ0n) is 10.2. The first-order chi connectivity index (χ1) is 8.81. The second-order valence-corrected chi connectivity index (χ2v) is 4.33. The van der Waals surface area contributed by atoms with Gasteiger partial charge in [-0.2, -0.15) is 5.26 Å². The highest BCUT2D eigenvalue weighted by atomic mass is 16.2. The van der Waals surface area contributed by atoms with E-state index in [4.69, 9.17) is 5.26 Å². The van der Waals surface area contributed by atoms with Crippen LogP contribution in [0.2, 0.25) is 0 Å². The van der Waals surface area contributed by atoms with Crippen LogP contribution in [0.5, 0.6) is 0 Å². The molecule has 0 aromatic carbocycles. The summed E-state index contributed by atoms with van der Waals surface area (Å²) >= 11 is 0. The molecule has 18 heavy (non-hydrogen) atoms. The average Bonchev–Trinajstić information content (AvgIpc) is 2.46. The number of carbonyl (C=O) groups is 1. The maximum Gasteiger partial charge on any atom is 0.241 e. The second kappa shape index (κ2) is 6.01. The number of piperidine rings is 1. The van der Waals surface area contributed by atoms with Crippen LogP contribution in [0.4, 0.5) is 5.69 Å². The Hall–Kier alpha value is -2.09. The quantitative estimate of drug-likeness (QED) is 0.872. The number of likely N-dealkylation sites (tertiary alicyclic amines) is 1. The fourth-order valence-electron chi connectivity index (χ4n) is 2.06. The van der Waals surface area contributed by atoms with Gasteiger partial charge in [-0.1, -0.05) is 0 Å². The average molecular weight is 244 g/mol. The Morgan fingerprint density at radius 1 is 1.44 bits per heavy atom. The number of nitrogens with zero attached hydrogens (tertiary/aromatic N) is 3. The van der Waals surface area contributed by atoms with Gasteiger partial charge in [0.2, 0.25) is 5.91 Å². The molecule has 0 saturated carbocycles. The molecule has 1 aromatic heterocycles. The molecule has 1 saturated heterocycles. The third kappa shape index (κ3) is 2.98. The molecule has 2 rings (SSSR count). The molecule has 1 aliphatic rings. The summed E-state index contributed by atoms with van der Waals surface area (Å²) in [5.41, 5.74) is 1.13. The summed E-state index contributed by atoms with van der Waals surface area (Å²) in [4.78, 5) is 17.8. The number of anilines is 1. The molecule has 0 radical (unpaired) electrons. The minimum Gasteiger partial charge on any atom is -0.374 e. The van der Waals surface area contributed by atoms with Crippen molar-refractivity contribution in [1.82, 2.24) is 9.88 Å². The standard InChI is InChI=1S/C13H16N4O/c14-8-11-4-5-15-9-12(11)16-10-13(18)17-6-2-1-3-7-17/h4-5,9,16H,1-3,6-7,10H2. The van der Waals surface area contributed by atoms with Gasteiger partial charge in [0.25, 0.3) is 0 Å². The Bertz CT molecular complexity index is 460. The lowest BCUT2D eigenvalue weighted by Crippen LogP contribution is -2.39. The number of pyridine rings is 1. The maximum absolute atomic E-state index is 11.9. The summed E-state index contributed by atoms with van der Waals surface area (Å²) < 4.78 is 0. The molecule has 94 valence electrons. The highest BCUT2D eigenvalue weighted by molar-refractivity contribution is 5.81. The van der Waals surface area contributed by atoms with Crippen molar-refractivity contribution in [2.75, 3.05) is 25.0 Å². The van der Waals surface area contributed by atoms with E-state index in [1.807, 2.05) is 4.90 Å². The van der Waals surface area contributed by atoms with Gasteiger partial charge >= 0.3 is 0 Å². The van der Waals surface area contributed by atoms with Crippen LogP contribution >= 0.6 is 0 Å². The van der Waals surface area contributed by atoms with Gasteiger partial charge in [-0.25, -0.2) is 0 Å². The van der Waals surface area contributed by atoms with Crippen LogP contribution in [0.1, 0.15) is 24.8 Å². The first-order valence-electron chi connectivity index (χ1n) is 6.17. The fourth-order valence-corrected chi connectivity index (χ4v) is 2.06. The van der Waals surface area contributed by atoms with Crippen LogP contribution in [0.25, 0.3) is 0 Å².